The highest BCUT2D eigenvalue weighted by molar-refractivity contribution is 7.00. The molecule has 0 radical (unpaired) electrons. The molecule has 404 valence electrons. The number of hydrogen-bond donors (Lipinski definition) is 0. The number of benzene rings is 5. The van der Waals surface area contributed by atoms with Gasteiger partial charge >= 0.3 is 0 Å². The molecule has 5 aliphatic carbocycles. The molecule has 0 spiro atoms. The second-order valence-electron chi connectivity index (χ2n) is 32.4. The van der Waals surface area contributed by atoms with Gasteiger partial charge < -0.3 is 14.2 Å². The van der Waals surface area contributed by atoms with Gasteiger partial charge in [0.2, 0.25) is 0 Å². The van der Waals surface area contributed by atoms with Gasteiger partial charge in [-0.15, -0.1) is 0 Å². The molecule has 3 nitrogen and oxygen atoms in total. The van der Waals surface area contributed by atoms with Crippen LogP contribution in [0.2, 0.25) is 0 Å². The molecule has 7 aliphatic rings. The number of nitrogens with zero attached hydrogens (tertiary/aromatic N) is 2. The van der Waals surface area contributed by atoms with E-state index >= 15 is 0 Å². The highest BCUT2D eigenvalue weighted by Crippen LogP contribution is 2.59. The molecule has 2 bridgehead atoms. The lowest BCUT2D eigenvalue weighted by Crippen LogP contribution is -2.61. The Bertz CT molecular complexity index is 3470. The summed E-state index contributed by atoms with van der Waals surface area (Å²) in [5.41, 5.74) is 27.9. The van der Waals surface area contributed by atoms with Crippen LogP contribution in [0.3, 0.4) is 0 Å². The van der Waals surface area contributed by atoms with Crippen LogP contribution in [0.4, 0.5) is 34.1 Å². The van der Waals surface area contributed by atoms with E-state index in [0.29, 0.717) is 11.8 Å². The van der Waals surface area contributed by atoms with Crippen LogP contribution in [-0.2, 0) is 43.3 Å². The van der Waals surface area contributed by atoms with Crippen molar-refractivity contribution in [3.05, 3.63) is 122 Å². The van der Waals surface area contributed by atoms with E-state index in [9.17, 15) is 0 Å². The molecular weight excluding hydrogens is 932 g/mol. The Kier molecular flexibility index (Phi) is 10.9. The smallest absolute Gasteiger partial charge is 0.297 e. The van der Waals surface area contributed by atoms with Crippen LogP contribution in [0, 0.1) is 31.6 Å². The number of rotatable bonds is 3. The fourth-order valence-corrected chi connectivity index (χ4v) is 17.8. The lowest BCUT2D eigenvalue weighted by atomic mass is 9.35. The first kappa shape index (κ1) is 51.7. The molecule has 13 rings (SSSR count). The second kappa shape index (κ2) is 16.2. The van der Waals surface area contributed by atoms with E-state index in [1.54, 1.807) is 5.56 Å². The van der Waals surface area contributed by atoms with Crippen molar-refractivity contribution < 1.29 is 4.42 Å². The first-order valence-electron chi connectivity index (χ1n) is 30.7. The monoisotopic (exact) mass is 1020 g/mol. The predicted molar refractivity (Wildman–Crippen MR) is 331 cm³/mol. The van der Waals surface area contributed by atoms with Crippen molar-refractivity contribution in [2.24, 2.45) is 17.8 Å². The minimum Gasteiger partial charge on any atom is -0.468 e. The highest BCUT2D eigenvalue weighted by atomic mass is 16.3. The molecule has 6 aromatic rings. The molecule has 2 aliphatic heterocycles. The topological polar surface area (TPSA) is 19.6 Å². The fourth-order valence-electron chi connectivity index (χ4n) is 17.8. The zero-order valence-corrected chi connectivity index (χ0v) is 51.2. The largest absolute Gasteiger partial charge is 0.468 e. The van der Waals surface area contributed by atoms with Crippen LogP contribution in [-0.4, -0.2) is 6.71 Å². The molecule has 2 atom stereocenters. The minimum atomic E-state index is -0.110. The summed E-state index contributed by atoms with van der Waals surface area (Å²) < 4.78 is 7.90. The molecule has 2 saturated carbocycles. The molecule has 0 N–H and O–H groups in total. The van der Waals surface area contributed by atoms with Crippen molar-refractivity contribution in [1.82, 2.24) is 0 Å². The maximum absolute atomic E-state index is 7.90. The van der Waals surface area contributed by atoms with Crippen molar-refractivity contribution >= 4 is 68.4 Å². The van der Waals surface area contributed by atoms with E-state index < -0.39 is 0 Å². The van der Waals surface area contributed by atoms with Crippen LogP contribution in [0.25, 0.3) is 11.0 Å². The van der Waals surface area contributed by atoms with Crippen LogP contribution >= 0.6 is 0 Å². The van der Waals surface area contributed by atoms with Gasteiger partial charge in [0.05, 0.1) is 11.3 Å². The number of furan rings is 1. The van der Waals surface area contributed by atoms with E-state index in [4.69, 9.17) is 4.42 Å². The molecule has 0 saturated heterocycles. The summed E-state index contributed by atoms with van der Waals surface area (Å²) in [4.78, 5) is 5.61. The number of aryl methyl sites for hydroxylation is 2. The number of fused-ring (bicyclic) bond motifs is 11. The Balaban J connectivity index is 1.20. The van der Waals surface area contributed by atoms with E-state index in [1.807, 2.05) is 0 Å². The molecule has 4 heteroatoms. The lowest BCUT2D eigenvalue weighted by molar-refractivity contribution is 0.0781. The van der Waals surface area contributed by atoms with Crippen molar-refractivity contribution in [2.75, 3.05) is 9.80 Å². The van der Waals surface area contributed by atoms with Gasteiger partial charge in [0.25, 0.3) is 6.71 Å². The molecule has 1 aromatic heterocycles. The zero-order valence-electron chi connectivity index (χ0n) is 51.2. The quantitative estimate of drug-likeness (QED) is 0.164. The molecule has 0 amide bonds. The Morgan fingerprint density at radius 2 is 0.935 bits per heavy atom. The van der Waals surface area contributed by atoms with Crippen LogP contribution in [0.15, 0.2) is 71.1 Å². The van der Waals surface area contributed by atoms with Gasteiger partial charge in [-0.25, -0.2) is 0 Å². The van der Waals surface area contributed by atoms with Gasteiger partial charge in [0.1, 0.15) is 5.58 Å². The summed E-state index contributed by atoms with van der Waals surface area (Å²) in [6.45, 7) is 47.0. The van der Waals surface area contributed by atoms with Crippen molar-refractivity contribution in [1.29, 1.82) is 0 Å². The van der Waals surface area contributed by atoms with E-state index in [0.717, 1.165) is 17.2 Å². The number of anilines is 6. The van der Waals surface area contributed by atoms with Gasteiger partial charge in [-0.1, -0.05) is 142 Å². The average Bonchev–Trinajstić information content (AvgIpc) is 3.87. The molecular formula is C73H93BN2O. The Hall–Kier alpha value is -4.70. The predicted octanol–water partition coefficient (Wildman–Crippen LogP) is 18.6. The lowest BCUT2D eigenvalue weighted by Gasteiger charge is -2.52. The van der Waals surface area contributed by atoms with Gasteiger partial charge in [0, 0.05) is 33.8 Å². The summed E-state index contributed by atoms with van der Waals surface area (Å²) in [7, 11) is 0. The molecule has 2 unspecified atom stereocenters. The maximum atomic E-state index is 7.90. The van der Waals surface area contributed by atoms with Gasteiger partial charge in [-0.05, 0) is 255 Å². The third kappa shape index (κ3) is 7.60. The normalized spacial score (nSPS) is 26.5. The molecule has 5 aromatic carbocycles. The van der Waals surface area contributed by atoms with Crippen LogP contribution in [0.1, 0.15) is 244 Å². The SMILES string of the molecule is Cc1cc2c(cc1N1c3ccc(C(C)(C)C)cc3B3c4oc5cc6c(cc5c4N(c4cc5c(cc4C)C(C)(C)CCC5(C)C)c4cc(C57CC(C)CC(CC(C)C5)C7)cc1c43)C(C)(C)CCC6(C)C)C(C)(C)CCC2(C)C. The first-order valence-corrected chi connectivity index (χ1v) is 30.7. The first-order chi connectivity index (χ1) is 35.8. The standard InChI is InChI=1S/C73H93BN2O/c1-42-28-46-29-43(2)40-73(39-42,41-46)48-33-60-63-61(34-48)76(59-37-54-51(31-45(59)4)68(10,11)23-26-71(54,16)17)64-49-35-52-55(72(18,19)27-24-69(52,12)13)38-62(49)77-65(64)74(63)56-32-47(66(5,6)7)20-21-57(56)75(60)58-36-53-50(30-44(58)3)67(8,9)22-25-70(53,14)15/h20-21,30-38,42-43,46H,22-29,39-41H2,1-19H3. The third-order valence-corrected chi connectivity index (χ3v) is 22.6. The summed E-state index contributed by atoms with van der Waals surface area (Å²) in [5.74, 6) is 2.14. The zero-order chi connectivity index (χ0) is 54.9. The Morgan fingerprint density at radius 3 is 1.43 bits per heavy atom. The molecule has 3 heterocycles. The van der Waals surface area contributed by atoms with Crippen molar-refractivity contribution in [3.63, 3.8) is 0 Å². The summed E-state index contributed by atoms with van der Waals surface area (Å²) in [6, 6.07) is 28.9. The molecule has 77 heavy (non-hydrogen) atoms. The van der Waals surface area contributed by atoms with Crippen molar-refractivity contribution in [2.45, 2.75) is 245 Å². The summed E-state index contributed by atoms with van der Waals surface area (Å²) >= 11 is 0. The average molecular weight is 1030 g/mol. The third-order valence-electron chi connectivity index (χ3n) is 22.6. The van der Waals surface area contributed by atoms with E-state index in [2.05, 4.69) is 208 Å². The van der Waals surface area contributed by atoms with E-state index in [-0.39, 0.29) is 50.0 Å². The number of hydrogen-bond acceptors (Lipinski definition) is 3. The van der Waals surface area contributed by atoms with Crippen LogP contribution < -0.4 is 26.4 Å². The van der Waals surface area contributed by atoms with Crippen LogP contribution in [0.5, 0.6) is 0 Å². The maximum Gasteiger partial charge on any atom is 0.297 e. The highest BCUT2D eigenvalue weighted by Gasteiger charge is 2.52. The fraction of sp³-hybridized carbons (Fsp3) is 0.562. The summed E-state index contributed by atoms with van der Waals surface area (Å²) in [5, 5.41) is 1.26. The van der Waals surface area contributed by atoms with Gasteiger partial charge in [0.15, 0.2) is 0 Å². The Morgan fingerprint density at radius 1 is 0.494 bits per heavy atom. The van der Waals surface area contributed by atoms with Crippen molar-refractivity contribution in [3.8, 4) is 0 Å². The Labute approximate surface area is 465 Å². The minimum absolute atomic E-state index is 0.0404. The summed E-state index contributed by atoms with van der Waals surface area (Å²) in [6.07, 6.45) is 13.6. The second-order valence-corrected chi connectivity index (χ2v) is 32.4. The van der Waals surface area contributed by atoms with Gasteiger partial charge in [-0.2, -0.15) is 0 Å². The van der Waals surface area contributed by atoms with E-state index in [1.165, 1.54) is 171 Å². The molecule has 2 fully saturated rings. The van der Waals surface area contributed by atoms with Gasteiger partial charge in [-0.3, -0.25) is 0 Å².